The van der Waals surface area contributed by atoms with Crippen molar-refractivity contribution in [2.45, 2.75) is 76.7 Å². The van der Waals surface area contributed by atoms with Crippen molar-refractivity contribution in [3.05, 3.63) is 42.3 Å². The molecule has 9 heteroatoms. The minimum atomic E-state index is -0.473. The molecule has 33 heavy (non-hydrogen) atoms. The fourth-order valence-corrected chi connectivity index (χ4v) is 4.57. The lowest BCUT2D eigenvalue weighted by atomic mass is 9.98. The maximum Gasteiger partial charge on any atom is 0.410 e. The molecule has 0 spiro atoms. The van der Waals surface area contributed by atoms with Gasteiger partial charge in [-0.3, -0.25) is 4.99 Å². The normalized spacial score (nSPS) is 22.5. The van der Waals surface area contributed by atoms with Crippen molar-refractivity contribution < 1.29 is 13.9 Å². The van der Waals surface area contributed by atoms with E-state index in [9.17, 15) is 4.79 Å². The number of fused-ring (bicyclic) bond motifs is 2. The standard InChI is InChI=1S/C24H33N5O3.HI/c1-24(2,3)32-23(30)29-19-10-11-20(29)13-17(12-19)28-22(25-4)26-14-18-15-31-21(27-18)16-8-6-5-7-9-16;/h5-9,15,17,19-20H,10-14H2,1-4H3,(H2,25,26,28);1H. The molecule has 2 atom stereocenters. The second kappa shape index (κ2) is 10.8. The number of hydrogen-bond acceptors (Lipinski definition) is 5. The summed E-state index contributed by atoms with van der Waals surface area (Å²) in [5.41, 5.74) is 1.29. The number of aromatic nitrogens is 1. The van der Waals surface area contributed by atoms with Gasteiger partial charge in [-0.05, 0) is 58.6 Å². The van der Waals surface area contributed by atoms with E-state index in [2.05, 4.69) is 20.6 Å². The highest BCUT2D eigenvalue weighted by atomic mass is 127. The molecule has 2 unspecified atom stereocenters. The molecule has 2 aromatic rings. The Kier molecular flexibility index (Phi) is 8.25. The average Bonchev–Trinajstić information content (AvgIpc) is 3.33. The van der Waals surface area contributed by atoms with Gasteiger partial charge in [0.1, 0.15) is 11.9 Å². The van der Waals surface area contributed by atoms with Crippen molar-refractivity contribution >= 4 is 36.0 Å². The lowest BCUT2D eigenvalue weighted by molar-refractivity contribution is 0.00545. The molecule has 1 aromatic carbocycles. The zero-order valence-corrected chi connectivity index (χ0v) is 22.0. The van der Waals surface area contributed by atoms with E-state index < -0.39 is 5.60 Å². The molecule has 1 aromatic heterocycles. The fourth-order valence-electron chi connectivity index (χ4n) is 4.57. The number of rotatable bonds is 4. The molecule has 3 heterocycles. The van der Waals surface area contributed by atoms with Gasteiger partial charge in [0.25, 0.3) is 0 Å². The number of piperidine rings is 1. The topological polar surface area (TPSA) is 92.0 Å². The summed E-state index contributed by atoms with van der Waals surface area (Å²) >= 11 is 0. The van der Waals surface area contributed by atoms with Crippen molar-refractivity contribution in [3.63, 3.8) is 0 Å². The summed E-state index contributed by atoms with van der Waals surface area (Å²) in [4.78, 5) is 23.5. The van der Waals surface area contributed by atoms with Gasteiger partial charge >= 0.3 is 6.09 Å². The Bertz CT molecular complexity index is 943. The molecule has 2 N–H and O–H groups in total. The summed E-state index contributed by atoms with van der Waals surface area (Å²) < 4.78 is 11.2. The van der Waals surface area contributed by atoms with Crippen LogP contribution in [0.2, 0.25) is 0 Å². The number of benzene rings is 1. The highest BCUT2D eigenvalue weighted by Crippen LogP contribution is 2.36. The Hall–Kier alpha value is -2.30. The van der Waals surface area contributed by atoms with E-state index in [1.807, 2.05) is 56.0 Å². The van der Waals surface area contributed by atoms with Gasteiger partial charge in [0.2, 0.25) is 5.89 Å². The number of carbonyl (C=O) groups is 1. The number of ether oxygens (including phenoxy) is 1. The molecule has 2 aliphatic rings. The van der Waals surface area contributed by atoms with Crippen molar-refractivity contribution in [2.24, 2.45) is 4.99 Å². The van der Waals surface area contributed by atoms with Crippen molar-refractivity contribution in [1.82, 2.24) is 20.5 Å². The number of guanidine groups is 1. The van der Waals surface area contributed by atoms with Crippen LogP contribution in [0.5, 0.6) is 0 Å². The SMILES string of the molecule is CN=C(NCc1coc(-c2ccccc2)n1)NC1CC2CCC(C1)N2C(=O)OC(C)(C)C.I. The smallest absolute Gasteiger partial charge is 0.410 e. The van der Waals surface area contributed by atoms with Crippen LogP contribution >= 0.6 is 24.0 Å². The van der Waals surface area contributed by atoms with Crippen LogP contribution in [0.4, 0.5) is 4.79 Å². The van der Waals surface area contributed by atoms with E-state index in [-0.39, 0.29) is 48.2 Å². The molecule has 0 aliphatic carbocycles. The molecule has 0 radical (unpaired) electrons. The highest BCUT2D eigenvalue weighted by molar-refractivity contribution is 14.0. The van der Waals surface area contributed by atoms with Gasteiger partial charge in [-0.15, -0.1) is 24.0 Å². The lowest BCUT2D eigenvalue weighted by Gasteiger charge is -2.40. The van der Waals surface area contributed by atoms with Crippen LogP contribution in [0, 0.1) is 0 Å². The van der Waals surface area contributed by atoms with Gasteiger partial charge in [-0.1, -0.05) is 18.2 Å². The van der Waals surface area contributed by atoms with E-state index in [1.165, 1.54) is 0 Å². The first kappa shape index (κ1) is 25.3. The van der Waals surface area contributed by atoms with Crippen LogP contribution in [0.15, 0.2) is 46.0 Å². The van der Waals surface area contributed by atoms with Gasteiger partial charge in [0.15, 0.2) is 5.96 Å². The van der Waals surface area contributed by atoms with Crippen molar-refractivity contribution in [3.8, 4) is 11.5 Å². The number of halogens is 1. The molecular formula is C24H34IN5O3. The summed E-state index contributed by atoms with van der Waals surface area (Å²) in [7, 11) is 1.76. The average molecular weight is 567 g/mol. The van der Waals surface area contributed by atoms with Gasteiger partial charge < -0.3 is 24.7 Å². The minimum absolute atomic E-state index is 0. The number of hydrogen-bond donors (Lipinski definition) is 2. The molecule has 2 bridgehead atoms. The number of nitrogens with zero attached hydrogens (tertiary/aromatic N) is 3. The van der Waals surface area contributed by atoms with E-state index in [0.717, 1.165) is 42.9 Å². The van der Waals surface area contributed by atoms with E-state index in [1.54, 1.807) is 13.3 Å². The summed E-state index contributed by atoms with van der Waals surface area (Å²) in [5, 5.41) is 6.85. The predicted octanol–water partition coefficient (Wildman–Crippen LogP) is 4.56. The summed E-state index contributed by atoms with van der Waals surface area (Å²) in [6.45, 7) is 6.25. The van der Waals surface area contributed by atoms with Gasteiger partial charge in [0.05, 0.1) is 12.2 Å². The summed E-state index contributed by atoms with van der Waals surface area (Å²) in [6, 6.07) is 10.5. The quantitative estimate of drug-likeness (QED) is 0.320. The molecule has 1 amide bonds. The second-order valence-electron chi connectivity index (χ2n) is 9.52. The molecule has 4 rings (SSSR count). The third-order valence-electron chi connectivity index (χ3n) is 5.91. The Balaban J connectivity index is 0.00000306. The van der Waals surface area contributed by atoms with Crippen LogP contribution < -0.4 is 10.6 Å². The van der Waals surface area contributed by atoms with Gasteiger partial charge in [-0.2, -0.15) is 0 Å². The molecular weight excluding hydrogens is 533 g/mol. The van der Waals surface area contributed by atoms with Crippen LogP contribution in [0.1, 0.15) is 52.1 Å². The number of aliphatic imine (C=N–C) groups is 1. The first-order valence-electron chi connectivity index (χ1n) is 11.3. The third-order valence-corrected chi connectivity index (χ3v) is 5.91. The number of carbonyl (C=O) groups excluding carboxylic acids is 1. The van der Waals surface area contributed by atoms with Crippen LogP contribution in [0.25, 0.3) is 11.5 Å². The highest BCUT2D eigenvalue weighted by Gasteiger charge is 2.45. The first-order valence-corrected chi connectivity index (χ1v) is 11.3. The summed E-state index contributed by atoms with van der Waals surface area (Å²) in [6.07, 6.45) is 5.30. The predicted molar refractivity (Wildman–Crippen MR) is 139 cm³/mol. The monoisotopic (exact) mass is 567 g/mol. The molecule has 2 saturated heterocycles. The molecule has 180 valence electrons. The Morgan fingerprint density at radius 3 is 2.48 bits per heavy atom. The third kappa shape index (κ3) is 6.39. The largest absolute Gasteiger partial charge is 0.444 e. The second-order valence-corrected chi connectivity index (χ2v) is 9.52. The molecule has 0 saturated carbocycles. The van der Waals surface area contributed by atoms with E-state index in [4.69, 9.17) is 9.15 Å². The van der Waals surface area contributed by atoms with E-state index >= 15 is 0 Å². The van der Waals surface area contributed by atoms with Crippen LogP contribution in [-0.4, -0.2) is 52.7 Å². The first-order chi connectivity index (χ1) is 15.3. The van der Waals surface area contributed by atoms with Gasteiger partial charge in [0, 0.05) is 30.7 Å². The summed E-state index contributed by atoms with van der Waals surface area (Å²) in [5.74, 6) is 1.33. The zero-order valence-electron chi connectivity index (χ0n) is 19.7. The Morgan fingerprint density at radius 1 is 1.21 bits per heavy atom. The number of oxazole rings is 1. The van der Waals surface area contributed by atoms with Crippen LogP contribution in [-0.2, 0) is 11.3 Å². The Morgan fingerprint density at radius 2 is 1.88 bits per heavy atom. The molecule has 8 nitrogen and oxygen atoms in total. The lowest BCUT2D eigenvalue weighted by Crippen LogP contribution is -2.54. The fraction of sp³-hybridized carbons (Fsp3) is 0.542. The molecule has 2 aliphatic heterocycles. The maximum atomic E-state index is 12.7. The van der Waals surface area contributed by atoms with Crippen molar-refractivity contribution in [1.29, 1.82) is 0 Å². The van der Waals surface area contributed by atoms with Crippen molar-refractivity contribution in [2.75, 3.05) is 7.05 Å². The number of nitrogens with one attached hydrogen (secondary N) is 2. The van der Waals surface area contributed by atoms with Gasteiger partial charge in [-0.25, -0.2) is 9.78 Å². The minimum Gasteiger partial charge on any atom is -0.444 e. The maximum absolute atomic E-state index is 12.7. The zero-order chi connectivity index (χ0) is 22.7. The van der Waals surface area contributed by atoms with E-state index in [0.29, 0.717) is 12.4 Å². The number of amides is 1. The Labute approximate surface area is 212 Å². The van der Waals surface area contributed by atoms with Crippen LogP contribution in [0.3, 0.4) is 0 Å². The molecule has 2 fully saturated rings.